The molecule has 0 spiro atoms. The van der Waals surface area contributed by atoms with Gasteiger partial charge in [-0.2, -0.15) is 0 Å². The minimum Gasteiger partial charge on any atom is -0.383 e. The summed E-state index contributed by atoms with van der Waals surface area (Å²) in [5, 5.41) is 0.164. The molecule has 0 radical (unpaired) electrons. The highest BCUT2D eigenvalue weighted by Gasteiger charge is 2.02. The van der Waals surface area contributed by atoms with E-state index >= 15 is 0 Å². The van der Waals surface area contributed by atoms with E-state index in [1.165, 1.54) is 0 Å². The molecular formula is C9H19ClO2. The first-order chi connectivity index (χ1) is 5.81. The first kappa shape index (κ1) is 12.2. The molecule has 1 unspecified atom stereocenters. The van der Waals surface area contributed by atoms with Crippen molar-refractivity contribution in [2.24, 2.45) is 0 Å². The minimum atomic E-state index is 0.164. The van der Waals surface area contributed by atoms with E-state index in [-0.39, 0.29) is 5.38 Å². The Bertz CT molecular complexity index is 88.6. The summed E-state index contributed by atoms with van der Waals surface area (Å²) in [6, 6.07) is 0. The van der Waals surface area contributed by atoms with E-state index in [0.717, 1.165) is 32.5 Å². The molecule has 74 valence electrons. The average molecular weight is 195 g/mol. The van der Waals surface area contributed by atoms with Gasteiger partial charge in [-0.25, -0.2) is 0 Å². The average Bonchev–Trinajstić information content (AvgIpc) is 2.05. The van der Waals surface area contributed by atoms with Gasteiger partial charge < -0.3 is 9.47 Å². The van der Waals surface area contributed by atoms with Crippen molar-refractivity contribution >= 4 is 11.6 Å². The third-order valence-corrected chi connectivity index (χ3v) is 1.95. The summed E-state index contributed by atoms with van der Waals surface area (Å²) in [4.78, 5) is 0. The summed E-state index contributed by atoms with van der Waals surface area (Å²) in [7, 11) is 1.68. The molecule has 0 aliphatic carbocycles. The van der Waals surface area contributed by atoms with E-state index in [4.69, 9.17) is 21.1 Å². The summed E-state index contributed by atoms with van der Waals surface area (Å²) < 4.78 is 10.1. The van der Waals surface area contributed by atoms with Crippen molar-refractivity contribution < 1.29 is 9.47 Å². The normalized spacial score (nSPS) is 13.2. The number of methoxy groups -OCH3 is 1. The van der Waals surface area contributed by atoms with Gasteiger partial charge in [0.15, 0.2) is 0 Å². The predicted octanol–water partition coefficient (Wildman–Crippen LogP) is 2.45. The van der Waals surface area contributed by atoms with Gasteiger partial charge in [0.05, 0.1) is 12.0 Å². The van der Waals surface area contributed by atoms with Crippen LogP contribution in [-0.4, -0.2) is 32.3 Å². The number of alkyl halides is 1. The molecule has 3 heteroatoms. The molecule has 2 nitrogen and oxygen atoms in total. The molecule has 12 heavy (non-hydrogen) atoms. The molecule has 0 bridgehead atoms. The molecular weight excluding hydrogens is 176 g/mol. The van der Waals surface area contributed by atoms with Crippen LogP contribution < -0.4 is 0 Å². The maximum atomic E-state index is 5.93. The third kappa shape index (κ3) is 8.31. The lowest BCUT2D eigenvalue weighted by Gasteiger charge is -2.07. The van der Waals surface area contributed by atoms with Crippen LogP contribution in [0.4, 0.5) is 0 Å². The van der Waals surface area contributed by atoms with Gasteiger partial charge in [-0.05, 0) is 26.2 Å². The van der Waals surface area contributed by atoms with Crippen molar-refractivity contribution in [1.82, 2.24) is 0 Å². The van der Waals surface area contributed by atoms with Crippen molar-refractivity contribution in [2.45, 2.75) is 31.6 Å². The summed E-state index contributed by atoms with van der Waals surface area (Å²) in [6.07, 6.45) is 3.24. The van der Waals surface area contributed by atoms with Crippen LogP contribution in [0.25, 0.3) is 0 Å². The Kier molecular flexibility index (Phi) is 9.46. The summed E-state index contributed by atoms with van der Waals surface area (Å²) in [5.74, 6) is 0. The van der Waals surface area contributed by atoms with Crippen molar-refractivity contribution in [3.8, 4) is 0 Å². The fourth-order valence-electron chi connectivity index (χ4n) is 0.978. The van der Waals surface area contributed by atoms with E-state index in [1.807, 2.05) is 6.92 Å². The molecule has 0 heterocycles. The second-order valence-corrected chi connectivity index (χ2v) is 3.36. The zero-order chi connectivity index (χ0) is 9.23. The largest absolute Gasteiger partial charge is 0.383 e. The van der Waals surface area contributed by atoms with E-state index in [2.05, 4.69) is 0 Å². The van der Waals surface area contributed by atoms with E-state index in [9.17, 15) is 0 Å². The Labute approximate surface area is 80.2 Å². The van der Waals surface area contributed by atoms with Crippen LogP contribution in [0.2, 0.25) is 0 Å². The highest BCUT2D eigenvalue weighted by molar-refractivity contribution is 6.20. The number of unbranched alkanes of at least 4 members (excludes halogenated alkanes) is 1. The molecule has 0 fully saturated rings. The van der Waals surface area contributed by atoms with Crippen LogP contribution in [0.3, 0.4) is 0 Å². The number of hydrogen-bond acceptors (Lipinski definition) is 2. The number of rotatable bonds is 8. The van der Waals surface area contributed by atoms with Crippen molar-refractivity contribution in [1.29, 1.82) is 0 Å². The molecule has 0 aromatic heterocycles. The molecule has 1 atom stereocenters. The van der Waals surface area contributed by atoms with Crippen molar-refractivity contribution in [3.05, 3.63) is 0 Å². The summed E-state index contributed by atoms with van der Waals surface area (Å²) in [6.45, 7) is 4.32. The zero-order valence-corrected chi connectivity index (χ0v) is 8.77. The Balaban J connectivity index is 2.97. The second-order valence-electron chi connectivity index (χ2n) is 2.75. The SMILES string of the molecule is CCOCCCCC(Cl)COC. The van der Waals surface area contributed by atoms with Gasteiger partial charge in [-0.15, -0.1) is 11.6 Å². The van der Waals surface area contributed by atoms with E-state index in [0.29, 0.717) is 6.61 Å². The monoisotopic (exact) mass is 194 g/mol. The highest BCUT2D eigenvalue weighted by Crippen LogP contribution is 2.07. The molecule has 0 aromatic carbocycles. The van der Waals surface area contributed by atoms with E-state index < -0.39 is 0 Å². The first-order valence-electron chi connectivity index (χ1n) is 4.52. The van der Waals surface area contributed by atoms with Gasteiger partial charge >= 0.3 is 0 Å². The van der Waals surface area contributed by atoms with Gasteiger partial charge in [0, 0.05) is 20.3 Å². The summed E-state index contributed by atoms with van der Waals surface area (Å²) >= 11 is 5.93. The van der Waals surface area contributed by atoms with Gasteiger partial charge in [-0.3, -0.25) is 0 Å². The van der Waals surface area contributed by atoms with Crippen LogP contribution in [-0.2, 0) is 9.47 Å². The van der Waals surface area contributed by atoms with Crippen molar-refractivity contribution in [2.75, 3.05) is 26.9 Å². The lowest BCUT2D eigenvalue weighted by molar-refractivity contribution is 0.141. The highest BCUT2D eigenvalue weighted by atomic mass is 35.5. The summed E-state index contributed by atoms with van der Waals surface area (Å²) in [5.41, 5.74) is 0. The van der Waals surface area contributed by atoms with Gasteiger partial charge in [0.2, 0.25) is 0 Å². The molecule has 0 aromatic rings. The molecule has 0 N–H and O–H groups in total. The first-order valence-corrected chi connectivity index (χ1v) is 4.95. The third-order valence-electron chi connectivity index (χ3n) is 1.61. The fraction of sp³-hybridized carbons (Fsp3) is 1.00. The molecule has 0 rings (SSSR count). The molecule has 0 amide bonds. The quantitative estimate of drug-likeness (QED) is 0.437. The Morgan fingerprint density at radius 3 is 2.67 bits per heavy atom. The predicted molar refractivity (Wildman–Crippen MR) is 51.9 cm³/mol. The van der Waals surface area contributed by atoms with Gasteiger partial charge in [0.25, 0.3) is 0 Å². The van der Waals surface area contributed by atoms with Gasteiger partial charge in [0.1, 0.15) is 0 Å². The topological polar surface area (TPSA) is 18.5 Å². The lowest BCUT2D eigenvalue weighted by Crippen LogP contribution is -2.07. The lowest BCUT2D eigenvalue weighted by atomic mass is 10.2. The maximum absolute atomic E-state index is 5.93. The standard InChI is InChI=1S/C9H19ClO2/c1-3-12-7-5-4-6-9(10)8-11-2/h9H,3-8H2,1-2H3. The van der Waals surface area contributed by atoms with Crippen LogP contribution in [0.5, 0.6) is 0 Å². The molecule has 0 aliphatic heterocycles. The van der Waals surface area contributed by atoms with Gasteiger partial charge in [-0.1, -0.05) is 0 Å². The number of ether oxygens (including phenoxy) is 2. The molecule has 0 aliphatic rings. The second kappa shape index (κ2) is 9.30. The minimum absolute atomic E-state index is 0.164. The maximum Gasteiger partial charge on any atom is 0.0626 e. The number of halogens is 1. The van der Waals surface area contributed by atoms with Crippen LogP contribution in [0.15, 0.2) is 0 Å². The van der Waals surface area contributed by atoms with Crippen LogP contribution >= 0.6 is 11.6 Å². The Morgan fingerprint density at radius 1 is 1.33 bits per heavy atom. The van der Waals surface area contributed by atoms with Crippen LogP contribution in [0, 0.1) is 0 Å². The zero-order valence-electron chi connectivity index (χ0n) is 8.01. The molecule has 0 saturated heterocycles. The fourth-order valence-corrected chi connectivity index (χ4v) is 1.26. The molecule has 0 saturated carbocycles. The smallest absolute Gasteiger partial charge is 0.0626 e. The number of hydrogen-bond donors (Lipinski definition) is 0. The Hall–Kier alpha value is 0.210. The van der Waals surface area contributed by atoms with E-state index in [1.54, 1.807) is 7.11 Å². The van der Waals surface area contributed by atoms with Crippen molar-refractivity contribution in [3.63, 3.8) is 0 Å². The Morgan fingerprint density at radius 2 is 2.08 bits per heavy atom. The van der Waals surface area contributed by atoms with Crippen LogP contribution in [0.1, 0.15) is 26.2 Å².